The first-order valence-electron chi connectivity index (χ1n) is 5.57. The summed E-state index contributed by atoms with van der Waals surface area (Å²) in [6.45, 7) is 2.20. The number of thioether (sulfide) groups is 1. The second kappa shape index (κ2) is 7.56. The molecule has 0 aliphatic rings. The molecule has 1 aromatic heterocycles. The minimum Gasteiger partial charge on any atom is -0.393 e. The van der Waals surface area contributed by atoms with Crippen molar-refractivity contribution in [1.29, 1.82) is 0 Å². The van der Waals surface area contributed by atoms with Crippen LogP contribution in [-0.2, 0) is 0 Å². The van der Waals surface area contributed by atoms with Gasteiger partial charge >= 0.3 is 0 Å². The van der Waals surface area contributed by atoms with Crippen molar-refractivity contribution in [2.24, 2.45) is 0 Å². The zero-order valence-electron chi connectivity index (χ0n) is 10.3. The highest BCUT2D eigenvalue weighted by Gasteiger charge is 2.13. The molecule has 7 heteroatoms. The predicted molar refractivity (Wildman–Crippen MR) is 72.1 cm³/mol. The van der Waals surface area contributed by atoms with Gasteiger partial charge in [-0.1, -0.05) is 23.4 Å². The molecular weight excluding hydrogens is 274 g/mol. The molecule has 18 heavy (non-hydrogen) atoms. The van der Waals surface area contributed by atoms with E-state index in [1.54, 1.807) is 6.92 Å². The highest BCUT2D eigenvalue weighted by Crippen LogP contribution is 2.16. The lowest BCUT2D eigenvalue weighted by atomic mass is 10.2. The molecule has 0 saturated carbocycles. The van der Waals surface area contributed by atoms with Crippen molar-refractivity contribution < 1.29 is 9.90 Å². The number of carbonyl (C=O) groups excluding carboxylic acids is 1. The molecule has 5 nitrogen and oxygen atoms in total. The van der Waals surface area contributed by atoms with Crippen LogP contribution in [0.25, 0.3) is 0 Å². The molecule has 0 aromatic carbocycles. The SMILES string of the molecule is CSc1ncc(Cl)c(C(=O)NCCCC(C)O)n1. The molecular formula is C11H16ClN3O2S. The van der Waals surface area contributed by atoms with Crippen molar-refractivity contribution in [2.75, 3.05) is 12.8 Å². The van der Waals surface area contributed by atoms with Crippen LogP contribution in [0, 0.1) is 0 Å². The summed E-state index contributed by atoms with van der Waals surface area (Å²) in [6.07, 6.45) is 4.25. The van der Waals surface area contributed by atoms with Gasteiger partial charge in [-0.2, -0.15) is 0 Å². The van der Waals surface area contributed by atoms with Crippen LogP contribution in [0.5, 0.6) is 0 Å². The highest BCUT2D eigenvalue weighted by molar-refractivity contribution is 7.98. The molecule has 0 aliphatic heterocycles. The van der Waals surface area contributed by atoms with Crippen molar-refractivity contribution in [3.8, 4) is 0 Å². The Hall–Kier alpha value is -0.850. The number of hydrogen-bond acceptors (Lipinski definition) is 5. The van der Waals surface area contributed by atoms with E-state index >= 15 is 0 Å². The number of carbonyl (C=O) groups is 1. The van der Waals surface area contributed by atoms with E-state index in [0.29, 0.717) is 24.5 Å². The molecule has 2 N–H and O–H groups in total. The standard InChI is InChI=1S/C11H16ClN3O2S/c1-7(16)4-3-5-13-10(17)9-8(12)6-14-11(15-9)18-2/h6-7,16H,3-5H2,1-2H3,(H,13,17). The van der Waals surface area contributed by atoms with Gasteiger partial charge in [0.05, 0.1) is 17.3 Å². The number of amides is 1. The van der Waals surface area contributed by atoms with Crippen LogP contribution in [-0.4, -0.2) is 39.9 Å². The number of hydrogen-bond donors (Lipinski definition) is 2. The fraction of sp³-hybridized carbons (Fsp3) is 0.545. The Balaban J connectivity index is 2.55. The van der Waals surface area contributed by atoms with Gasteiger partial charge in [-0.3, -0.25) is 4.79 Å². The summed E-state index contributed by atoms with van der Waals surface area (Å²) >= 11 is 7.22. The van der Waals surface area contributed by atoms with Crippen molar-refractivity contribution in [1.82, 2.24) is 15.3 Å². The predicted octanol–water partition coefficient (Wildman–Crippen LogP) is 1.74. The lowest BCUT2D eigenvalue weighted by Gasteiger charge is -2.07. The van der Waals surface area contributed by atoms with Crippen molar-refractivity contribution in [3.63, 3.8) is 0 Å². The van der Waals surface area contributed by atoms with Gasteiger partial charge in [0.15, 0.2) is 10.9 Å². The van der Waals surface area contributed by atoms with Crippen molar-refractivity contribution in [3.05, 3.63) is 16.9 Å². The number of halogens is 1. The van der Waals surface area contributed by atoms with Gasteiger partial charge in [-0.25, -0.2) is 9.97 Å². The topological polar surface area (TPSA) is 75.1 Å². The Labute approximate surface area is 115 Å². The smallest absolute Gasteiger partial charge is 0.271 e. The normalized spacial score (nSPS) is 12.2. The zero-order valence-corrected chi connectivity index (χ0v) is 11.9. The molecule has 1 rings (SSSR count). The van der Waals surface area contributed by atoms with Crippen LogP contribution < -0.4 is 5.32 Å². The molecule has 1 aromatic rings. The maximum atomic E-state index is 11.8. The third-order valence-electron chi connectivity index (χ3n) is 2.20. The number of nitrogens with zero attached hydrogens (tertiary/aromatic N) is 2. The fourth-order valence-electron chi connectivity index (χ4n) is 1.29. The van der Waals surface area contributed by atoms with E-state index in [1.165, 1.54) is 18.0 Å². The zero-order chi connectivity index (χ0) is 13.5. The first kappa shape index (κ1) is 15.2. The molecule has 100 valence electrons. The average Bonchev–Trinajstić information content (AvgIpc) is 2.34. The Morgan fingerprint density at radius 1 is 1.67 bits per heavy atom. The summed E-state index contributed by atoms with van der Waals surface area (Å²) < 4.78 is 0. The largest absolute Gasteiger partial charge is 0.393 e. The minimum absolute atomic E-state index is 0.188. The lowest BCUT2D eigenvalue weighted by molar-refractivity contribution is 0.0944. The summed E-state index contributed by atoms with van der Waals surface area (Å²) in [7, 11) is 0. The Morgan fingerprint density at radius 3 is 3.00 bits per heavy atom. The fourth-order valence-corrected chi connectivity index (χ4v) is 1.81. The summed E-state index contributed by atoms with van der Waals surface area (Å²) in [5, 5.41) is 12.5. The van der Waals surface area contributed by atoms with Crippen LogP contribution in [0.3, 0.4) is 0 Å². The number of aromatic nitrogens is 2. The van der Waals surface area contributed by atoms with Gasteiger partial charge < -0.3 is 10.4 Å². The molecule has 0 spiro atoms. The maximum absolute atomic E-state index is 11.8. The van der Waals surface area contributed by atoms with E-state index in [9.17, 15) is 4.79 Å². The van der Waals surface area contributed by atoms with Crippen LogP contribution >= 0.6 is 23.4 Å². The van der Waals surface area contributed by atoms with Gasteiger partial charge in [0.1, 0.15) is 0 Å². The third-order valence-corrected chi connectivity index (χ3v) is 3.04. The van der Waals surface area contributed by atoms with Gasteiger partial charge in [-0.05, 0) is 26.0 Å². The molecule has 1 amide bonds. The average molecular weight is 290 g/mol. The molecule has 0 saturated heterocycles. The Morgan fingerprint density at radius 2 is 2.39 bits per heavy atom. The van der Waals surface area contributed by atoms with Gasteiger partial charge in [0.2, 0.25) is 0 Å². The van der Waals surface area contributed by atoms with Crippen molar-refractivity contribution in [2.45, 2.75) is 31.0 Å². The maximum Gasteiger partial charge on any atom is 0.271 e. The van der Waals surface area contributed by atoms with Gasteiger partial charge in [-0.15, -0.1) is 0 Å². The number of aliphatic hydroxyl groups excluding tert-OH is 1. The van der Waals surface area contributed by atoms with E-state index in [-0.39, 0.29) is 22.7 Å². The molecule has 1 unspecified atom stereocenters. The number of aliphatic hydroxyl groups is 1. The van der Waals surface area contributed by atoms with Crippen LogP contribution in [0.4, 0.5) is 0 Å². The van der Waals surface area contributed by atoms with Crippen LogP contribution in [0.2, 0.25) is 5.02 Å². The Kier molecular flexibility index (Phi) is 6.38. The molecule has 0 fully saturated rings. The van der Waals surface area contributed by atoms with Crippen LogP contribution in [0.15, 0.2) is 11.4 Å². The first-order valence-corrected chi connectivity index (χ1v) is 7.17. The molecule has 0 radical (unpaired) electrons. The molecule has 1 atom stereocenters. The molecule has 1 heterocycles. The quantitative estimate of drug-likeness (QED) is 0.474. The molecule has 0 bridgehead atoms. The lowest BCUT2D eigenvalue weighted by Crippen LogP contribution is -2.26. The van der Waals surface area contributed by atoms with E-state index in [0.717, 1.165) is 0 Å². The third kappa shape index (κ3) is 4.80. The van der Waals surface area contributed by atoms with E-state index in [1.807, 2.05) is 6.26 Å². The highest BCUT2D eigenvalue weighted by atomic mass is 35.5. The van der Waals surface area contributed by atoms with Gasteiger partial charge in [0, 0.05) is 6.54 Å². The Bertz CT molecular complexity index is 415. The molecule has 0 aliphatic carbocycles. The second-order valence-corrected chi connectivity index (χ2v) is 4.98. The summed E-state index contributed by atoms with van der Waals surface area (Å²) in [6, 6.07) is 0. The first-order chi connectivity index (χ1) is 8.54. The van der Waals surface area contributed by atoms with E-state index in [2.05, 4.69) is 15.3 Å². The number of rotatable bonds is 6. The van der Waals surface area contributed by atoms with Gasteiger partial charge in [0.25, 0.3) is 5.91 Å². The summed E-state index contributed by atoms with van der Waals surface area (Å²) in [5.41, 5.74) is 0.188. The monoisotopic (exact) mass is 289 g/mol. The number of nitrogens with one attached hydrogen (secondary N) is 1. The second-order valence-electron chi connectivity index (χ2n) is 3.80. The van der Waals surface area contributed by atoms with E-state index in [4.69, 9.17) is 16.7 Å². The summed E-state index contributed by atoms with van der Waals surface area (Å²) in [4.78, 5) is 19.9. The summed E-state index contributed by atoms with van der Waals surface area (Å²) in [5.74, 6) is -0.316. The van der Waals surface area contributed by atoms with Crippen molar-refractivity contribution >= 4 is 29.3 Å². The minimum atomic E-state index is -0.354. The van der Waals surface area contributed by atoms with E-state index < -0.39 is 0 Å². The van der Waals surface area contributed by atoms with Crippen LogP contribution in [0.1, 0.15) is 30.3 Å².